The Labute approximate surface area is 167 Å². The number of esters is 1. The first kappa shape index (κ1) is 19.9. The lowest BCUT2D eigenvalue weighted by atomic mass is 10.1. The van der Waals surface area contributed by atoms with Crippen LogP contribution < -0.4 is 4.72 Å². The van der Waals surface area contributed by atoms with Gasteiger partial charge in [-0.15, -0.1) is 0 Å². The summed E-state index contributed by atoms with van der Waals surface area (Å²) in [5, 5.41) is 0. The van der Waals surface area contributed by atoms with Crippen LogP contribution in [-0.2, 0) is 14.8 Å². The van der Waals surface area contributed by atoms with Gasteiger partial charge in [0.25, 0.3) is 10.0 Å². The summed E-state index contributed by atoms with van der Waals surface area (Å²) in [6.07, 6.45) is 1.62. The maximum absolute atomic E-state index is 12.6. The van der Waals surface area contributed by atoms with Crippen LogP contribution in [0.25, 0.3) is 0 Å². The summed E-state index contributed by atoms with van der Waals surface area (Å²) in [7, 11) is -1.82. The number of nitrogens with one attached hydrogen (secondary N) is 1. The molecule has 1 saturated heterocycles. The third kappa shape index (κ3) is 5.31. The van der Waals surface area contributed by atoms with E-state index in [1.54, 1.807) is 36.4 Å². The van der Waals surface area contributed by atoms with Crippen LogP contribution >= 0.6 is 15.9 Å². The van der Waals surface area contributed by atoms with Crippen LogP contribution in [-0.4, -0.2) is 45.5 Å². The van der Waals surface area contributed by atoms with Crippen molar-refractivity contribution in [3.63, 3.8) is 0 Å². The standard InChI is InChI=1S/C19H21BrN2O4S/c1-22-11-3-5-17(13-22)26-19(23)14-4-2-6-18(12-14)27(24,25)21-16-9-7-15(20)8-10-16/h2,4,6-10,12,17,21H,3,5,11,13H2,1H3. The van der Waals surface area contributed by atoms with Crippen LogP contribution in [0.4, 0.5) is 5.69 Å². The predicted molar refractivity (Wildman–Crippen MR) is 107 cm³/mol. The molecule has 0 bridgehead atoms. The van der Waals surface area contributed by atoms with E-state index in [1.165, 1.54) is 12.1 Å². The average molecular weight is 453 g/mol. The lowest BCUT2D eigenvalue weighted by Gasteiger charge is -2.29. The fourth-order valence-corrected chi connectivity index (χ4v) is 4.33. The molecule has 1 atom stereocenters. The Bertz CT molecular complexity index is 916. The number of likely N-dealkylation sites (tertiary alicyclic amines) is 1. The molecule has 3 rings (SSSR count). The van der Waals surface area contributed by atoms with Gasteiger partial charge in [-0.3, -0.25) is 4.72 Å². The molecule has 8 heteroatoms. The van der Waals surface area contributed by atoms with Crippen molar-refractivity contribution >= 4 is 37.6 Å². The number of halogens is 1. The molecular weight excluding hydrogens is 432 g/mol. The molecule has 1 unspecified atom stereocenters. The largest absolute Gasteiger partial charge is 0.457 e. The Morgan fingerprint density at radius 2 is 1.96 bits per heavy atom. The number of anilines is 1. The normalized spacial score (nSPS) is 18.1. The number of sulfonamides is 1. The minimum Gasteiger partial charge on any atom is -0.457 e. The fourth-order valence-electron chi connectivity index (χ4n) is 2.96. The van der Waals surface area contributed by atoms with E-state index in [-0.39, 0.29) is 16.6 Å². The number of piperidine rings is 1. The molecule has 0 radical (unpaired) electrons. The van der Waals surface area contributed by atoms with Crippen LogP contribution in [0, 0.1) is 0 Å². The highest BCUT2D eigenvalue weighted by molar-refractivity contribution is 9.10. The van der Waals surface area contributed by atoms with Crippen molar-refractivity contribution in [1.29, 1.82) is 0 Å². The van der Waals surface area contributed by atoms with E-state index in [9.17, 15) is 13.2 Å². The molecule has 1 N–H and O–H groups in total. The Morgan fingerprint density at radius 3 is 2.67 bits per heavy atom. The molecule has 27 heavy (non-hydrogen) atoms. The van der Waals surface area contributed by atoms with Gasteiger partial charge in [-0.25, -0.2) is 13.2 Å². The summed E-state index contributed by atoms with van der Waals surface area (Å²) < 4.78 is 34.1. The van der Waals surface area contributed by atoms with Gasteiger partial charge in [-0.1, -0.05) is 22.0 Å². The SMILES string of the molecule is CN1CCCC(OC(=O)c2cccc(S(=O)(=O)Nc3ccc(Br)cc3)c2)C1. The first-order valence-corrected chi connectivity index (χ1v) is 10.9. The summed E-state index contributed by atoms with van der Waals surface area (Å²) in [5.41, 5.74) is 0.665. The minimum atomic E-state index is -3.81. The number of hydrogen-bond acceptors (Lipinski definition) is 5. The van der Waals surface area contributed by atoms with E-state index in [0.29, 0.717) is 12.2 Å². The summed E-state index contributed by atoms with van der Waals surface area (Å²) in [5.74, 6) is -0.504. The molecule has 0 saturated carbocycles. The van der Waals surface area contributed by atoms with Crippen molar-refractivity contribution in [1.82, 2.24) is 4.90 Å². The minimum absolute atomic E-state index is 0.0145. The molecule has 2 aromatic carbocycles. The molecule has 0 amide bonds. The van der Waals surface area contributed by atoms with Crippen LogP contribution in [0.3, 0.4) is 0 Å². The number of ether oxygens (including phenoxy) is 1. The smallest absolute Gasteiger partial charge is 0.338 e. The summed E-state index contributed by atoms with van der Waals surface area (Å²) in [6.45, 7) is 1.68. The van der Waals surface area contributed by atoms with Crippen LogP contribution in [0.5, 0.6) is 0 Å². The molecule has 1 heterocycles. The number of benzene rings is 2. The highest BCUT2D eigenvalue weighted by Gasteiger charge is 2.23. The van der Waals surface area contributed by atoms with Crippen molar-refractivity contribution in [3.8, 4) is 0 Å². The molecular formula is C19H21BrN2O4S. The molecule has 0 spiro atoms. The number of likely N-dealkylation sites (N-methyl/N-ethyl adjacent to an activating group) is 1. The maximum Gasteiger partial charge on any atom is 0.338 e. The van der Waals surface area contributed by atoms with Crippen LogP contribution in [0.2, 0.25) is 0 Å². The quantitative estimate of drug-likeness (QED) is 0.702. The molecule has 1 fully saturated rings. The lowest BCUT2D eigenvalue weighted by molar-refractivity contribution is 0.0108. The van der Waals surface area contributed by atoms with E-state index in [4.69, 9.17) is 4.74 Å². The molecule has 0 aromatic heterocycles. The maximum atomic E-state index is 12.6. The van der Waals surface area contributed by atoms with Crippen LogP contribution in [0.1, 0.15) is 23.2 Å². The highest BCUT2D eigenvalue weighted by Crippen LogP contribution is 2.20. The monoisotopic (exact) mass is 452 g/mol. The topological polar surface area (TPSA) is 75.7 Å². The number of carbonyl (C=O) groups is 1. The average Bonchev–Trinajstić information content (AvgIpc) is 2.63. The summed E-state index contributed by atoms with van der Waals surface area (Å²) in [4.78, 5) is 14.6. The summed E-state index contributed by atoms with van der Waals surface area (Å²) >= 11 is 3.31. The zero-order valence-electron chi connectivity index (χ0n) is 14.9. The molecule has 6 nitrogen and oxygen atoms in total. The van der Waals surface area contributed by atoms with E-state index in [1.807, 2.05) is 7.05 Å². The first-order valence-electron chi connectivity index (χ1n) is 8.61. The Morgan fingerprint density at radius 1 is 1.22 bits per heavy atom. The van der Waals surface area contributed by atoms with Gasteiger partial charge >= 0.3 is 5.97 Å². The van der Waals surface area contributed by atoms with Crippen molar-refractivity contribution < 1.29 is 17.9 Å². The zero-order valence-corrected chi connectivity index (χ0v) is 17.3. The molecule has 2 aromatic rings. The van der Waals surface area contributed by atoms with Gasteiger partial charge in [0, 0.05) is 16.7 Å². The number of rotatable bonds is 5. The highest BCUT2D eigenvalue weighted by atomic mass is 79.9. The molecule has 0 aliphatic carbocycles. The molecule has 144 valence electrons. The Kier molecular flexibility index (Phi) is 6.18. The van der Waals surface area contributed by atoms with E-state index in [0.717, 1.165) is 23.9 Å². The van der Waals surface area contributed by atoms with E-state index in [2.05, 4.69) is 25.6 Å². The fraction of sp³-hybridized carbons (Fsp3) is 0.316. The van der Waals surface area contributed by atoms with Gasteiger partial charge in [0.2, 0.25) is 0 Å². The molecule has 1 aliphatic rings. The lowest BCUT2D eigenvalue weighted by Crippen LogP contribution is -2.38. The van der Waals surface area contributed by atoms with Gasteiger partial charge in [0.1, 0.15) is 6.10 Å². The number of hydrogen-bond donors (Lipinski definition) is 1. The van der Waals surface area contributed by atoms with Gasteiger partial charge < -0.3 is 9.64 Å². The second-order valence-corrected chi connectivity index (χ2v) is 9.17. The van der Waals surface area contributed by atoms with Crippen molar-refractivity contribution in [2.45, 2.75) is 23.8 Å². The second kappa shape index (κ2) is 8.41. The van der Waals surface area contributed by atoms with Gasteiger partial charge in [-0.2, -0.15) is 0 Å². The van der Waals surface area contributed by atoms with Crippen molar-refractivity contribution in [2.75, 3.05) is 24.9 Å². The van der Waals surface area contributed by atoms with Crippen LogP contribution in [0.15, 0.2) is 57.9 Å². The number of carbonyl (C=O) groups excluding carboxylic acids is 1. The third-order valence-corrected chi connectivity index (χ3v) is 6.24. The second-order valence-electron chi connectivity index (χ2n) is 6.57. The molecule has 1 aliphatic heterocycles. The summed E-state index contributed by atoms with van der Waals surface area (Å²) in [6, 6.07) is 12.7. The van der Waals surface area contributed by atoms with Gasteiger partial charge in [0.05, 0.1) is 10.5 Å². The van der Waals surface area contributed by atoms with E-state index >= 15 is 0 Å². The van der Waals surface area contributed by atoms with Gasteiger partial charge in [0.15, 0.2) is 0 Å². The first-order chi connectivity index (χ1) is 12.8. The Balaban J connectivity index is 1.73. The van der Waals surface area contributed by atoms with Gasteiger partial charge in [-0.05, 0) is 68.9 Å². The predicted octanol–water partition coefficient (Wildman–Crippen LogP) is 3.50. The van der Waals surface area contributed by atoms with E-state index < -0.39 is 16.0 Å². The van der Waals surface area contributed by atoms with Crippen molar-refractivity contribution in [3.05, 3.63) is 58.6 Å². The Hall–Kier alpha value is -1.90. The third-order valence-electron chi connectivity index (χ3n) is 4.33. The number of nitrogens with zero attached hydrogens (tertiary/aromatic N) is 1. The van der Waals surface area contributed by atoms with Crippen molar-refractivity contribution in [2.24, 2.45) is 0 Å². The zero-order chi connectivity index (χ0) is 19.4.